The predicted octanol–water partition coefficient (Wildman–Crippen LogP) is 5.94. The minimum atomic E-state index is -0.426. The van der Waals surface area contributed by atoms with Crippen molar-refractivity contribution in [1.29, 1.82) is 0 Å². The summed E-state index contributed by atoms with van der Waals surface area (Å²) in [5.41, 5.74) is 5.26. The molecule has 1 N–H and O–H groups in total. The Labute approximate surface area is 215 Å². The second kappa shape index (κ2) is 10.7. The molecule has 37 heavy (non-hydrogen) atoms. The fourth-order valence-electron chi connectivity index (χ4n) is 4.76. The van der Waals surface area contributed by atoms with Crippen molar-refractivity contribution in [2.75, 3.05) is 18.5 Å². The molecule has 0 spiro atoms. The zero-order chi connectivity index (χ0) is 25.8. The Morgan fingerprint density at radius 3 is 2.54 bits per heavy atom. The summed E-state index contributed by atoms with van der Waals surface area (Å²) in [6.45, 7) is 2.40. The third kappa shape index (κ3) is 5.54. The van der Waals surface area contributed by atoms with E-state index < -0.39 is 5.82 Å². The van der Waals surface area contributed by atoms with Crippen molar-refractivity contribution in [2.24, 2.45) is 0 Å². The standard InChI is InChI=1S/C31H27FN2O3/c1-21-7-5-10-24(17-21)30-28-19-27(37-20-29(35)33-26-12-6-11-25(32)18-26)14-13-22(28)15-16-34(30)31(36)23-8-3-2-4-9-23/h2-14,17-19,30H,15-16,20H2,1H3,(H,33,35)/t30-/m1/s1. The number of amides is 2. The van der Waals surface area contributed by atoms with E-state index in [1.54, 1.807) is 6.07 Å². The number of rotatable bonds is 6. The highest BCUT2D eigenvalue weighted by atomic mass is 19.1. The summed E-state index contributed by atoms with van der Waals surface area (Å²) in [5, 5.41) is 2.64. The molecule has 1 heterocycles. The third-order valence-corrected chi connectivity index (χ3v) is 6.46. The number of aryl methyl sites for hydroxylation is 1. The highest BCUT2D eigenvalue weighted by molar-refractivity contribution is 5.95. The summed E-state index contributed by atoms with van der Waals surface area (Å²) in [6, 6.07) is 28.7. The van der Waals surface area contributed by atoms with E-state index in [0.29, 0.717) is 23.5 Å². The van der Waals surface area contributed by atoms with Gasteiger partial charge in [-0.15, -0.1) is 0 Å². The molecule has 0 saturated carbocycles. The van der Waals surface area contributed by atoms with Crippen LogP contribution in [0.25, 0.3) is 0 Å². The second-order valence-corrected chi connectivity index (χ2v) is 9.14. The molecule has 0 saturated heterocycles. The number of nitrogens with zero attached hydrogens (tertiary/aromatic N) is 1. The Morgan fingerprint density at radius 2 is 1.76 bits per heavy atom. The Hall–Kier alpha value is -4.45. The van der Waals surface area contributed by atoms with Gasteiger partial charge in [-0.3, -0.25) is 9.59 Å². The number of hydrogen-bond acceptors (Lipinski definition) is 3. The molecule has 4 aromatic carbocycles. The van der Waals surface area contributed by atoms with E-state index >= 15 is 0 Å². The molecule has 5 rings (SSSR count). The van der Waals surface area contributed by atoms with E-state index in [-0.39, 0.29) is 24.5 Å². The molecule has 0 unspecified atom stereocenters. The summed E-state index contributed by atoms with van der Waals surface area (Å²) >= 11 is 0. The SMILES string of the molecule is Cc1cccc([C@@H]2c3cc(OCC(=O)Nc4cccc(F)c4)ccc3CCN2C(=O)c2ccccc2)c1. The number of benzene rings is 4. The van der Waals surface area contributed by atoms with Gasteiger partial charge in [0.2, 0.25) is 0 Å². The maximum absolute atomic E-state index is 13.6. The molecule has 1 atom stereocenters. The van der Waals surface area contributed by atoms with Crippen LogP contribution in [0.15, 0.2) is 97.1 Å². The summed E-state index contributed by atoms with van der Waals surface area (Å²) in [5.74, 6) is -0.317. The summed E-state index contributed by atoms with van der Waals surface area (Å²) in [6.07, 6.45) is 0.719. The molecule has 186 valence electrons. The second-order valence-electron chi connectivity index (χ2n) is 9.14. The number of ether oxygens (including phenoxy) is 1. The van der Waals surface area contributed by atoms with Gasteiger partial charge in [0.25, 0.3) is 11.8 Å². The van der Waals surface area contributed by atoms with E-state index in [9.17, 15) is 14.0 Å². The number of carbonyl (C=O) groups is 2. The largest absolute Gasteiger partial charge is 0.484 e. The van der Waals surface area contributed by atoms with Gasteiger partial charge in [0.15, 0.2) is 6.61 Å². The first-order chi connectivity index (χ1) is 18.0. The van der Waals surface area contributed by atoms with Crippen molar-refractivity contribution in [3.63, 3.8) is 0 Å². The monoisotopic (exact) mass is 494 g/mol. The maximum Gasteiger partial charge on any atom is 0.262 e. The van der Waals surface area contributed by atoms with Gasteiger partial charge < -0.3 is 15.0 Å². The summed E-state index contributed by atoms with van der Waals surface area (Å²) < 4.78 is 19.2. The lowest BCUT2D eigenvalue weighted by Crippen LogP contribution is -2.40. The van der Waals surface area contributed by atoms with E-state index in [0.717, 1.165) is 28.7 Å². The van der Waals surface area contributed by atoms with Crippen LogP contribution in [-0.2, 0) is 11.2 Å². The maximum atomic E-state index is 13.6. The first-order valence-corrected chi connectivity index (χ1v) is 12.2. The van der Waals surface area contributed by atoms with E-state index in [1.807, 2.05) is 78.6 Å². The molecule has 5 nitrogen and oxygen atoms in total. The number of nitrogens with one attached hydrogen (secondary N) is 1. The molecule has 4 aromatic rings. The zero-order valence-corrected chi connectivity index (χ0v) is 20.5. The van der Waals surface area contributed by atoms with Gasteiger partial charge in [0, 0.05) is 17.8 Å². The molecule has 1 aliphatic rings. The van der Waals surface area contributed by atoms with Crippen LogP contribution >= 0.6 is 0 Å². The zero-order valence-electron chi connectivity index (χ0n) is 20.5. The lowest BCUT2D eigenvalue weighted by molar-refractivity contribution is -0.118. The van der Waals surface area contributed by atoms with Gasteiger partial charge in [0.05, 0.1) is 6.04 Å². The molecule has 6 heteroatoms. The van der Waals surface area contributed by atoms with Crippen molar-refractivity contribution >= 4 is 17.5 Å². The molecule has 0 radical (unpaired) electrons. The van der Waals surface area contributed by atoms with E-state index in [4.69, 9.17) is 4.74 Å². The minimum Gasteiger partial charge on any atom is -0.484 e. The van der Waals surface area contributed by atoms with Gasteiger partial charge >= 0.3 is 0 Å². The van der Waals surface area contributed by atoms with Gasteiger partial charge in [-0.25, -0.2) is 4.39 Å². The number of hydrogen-bond donors (Lipinski definition) is 1. The van der Waals surface area contributed by atoms with Gasteiger partial charge in [-0.1, -0.05) is 60.2 Å². The normalized spacial score (nSPS) is 14.5. The van der Waals surface area contributed by atoms with Crippen LogP contribution in [0, 0.1) is 12.7 Å². The van der Waals surface area contributed by atoms with Crippen LogP contribution in [-0.4, -0.2) is 29.9 Å². The molecule has 2 amide bonds. The van der Waals surface area contributed by atoms with E-state index in [2.05, 4.69) is 11.4 Å². The van der Waals surface area contributed by atoms with Crippen molar-refractivity contribution < 1.29 is 18.7 Å². The Kier molecular flexibility index (Phi) is 6.99. The fourth-order valence-corrected chi connectivity index (χ4v) is 4.76. The number of carbonyl (C=O) groups excluding carboxylic acids is 2. The van der Waals surface area contributed by atoms with Crippen LogP contribution in [0.2, 0.25) is 0 Å². The average molecular weight is 495 g/mol. The third-order valence-electron chi connectivity index (χ3n) is 6.46. The first-order valence-electron chi connectivity index (χ1n) is 12.2. The van der Waals surface area contributed by atoms with Crippen molar-refractivity contribution in [2.45, 2.75) is 19.4 Å². The van der Waals surface area contributed by atoms with Crippen molar-refractivity contribution in [3.05, 3.63) is 131 Å². The average Bonchev–Trinajstić information content (AvgIpc) is 2.91. The van der Waals surface area contributed by atoms with Crippen molar-refractivity contribution in [1.82, 2.24) is 4.90 Å². The molecule has 0 bridgehead atoms. The molecule has 0 fully saturated rings. The van der Waals surface area contributed by atoms with Gasteiger partial charge in [0.1, 0.15) is 11.6 Å². The quantitative estimate of drug-likeness (QED) is 0.361. The lowest BCUT2D eigenvalue weighted by atomic mass is 9.87. The molecule has 0 aliphatic carbocycles. The predicted molar refractivity (Wildman–Crippen MR) is 141 cm³/mol. The molecule has 0 aromatic heterocycles. The topological polar surface area (TPSA) is 58.6 Å². The first kappa shape index (κ1) is 24.3. The summed E-state index contributed by atoms with van der Waals surface area (Å²) in [7, 11) is 0. The molecular formula is C31H27FN2O3. The number of anilines is 1. The summed E-state index contributed by atoms with van der Waals surface area (Å²) in [4.78, 5) is 27.9. The highest BCUT2D eigenvalue weighted by Crippen LogP contribution is 2.38. The Balaban J connectivity index is 1.42. The van der Waals surface area contributed by atoms with Crippen LogP contribution in [0.5, 0.6) is 5.75 Å². The van der Waals surface area contributed by atoms with Crippen LogP contribution in [0.3, 0.4) is 0 Å². The van der Waals surface area contributed by atoms with Crippen LogP contribution < -0.4 is 10.1 Å². The molecule has 1 aliphatic heterocycles. The van der Waals surface area contributed by atoms with Gasteiger partial charge in [-0.05, 0) is 72.5 Å². The number of fused-ring (bicyclic) bond motifs is 1. The van der Waals surface area contributed by atoms with Crippen LogP contribution in [0.1, 0.15) is 38.7 Å². The molecular weight excluding hydrogens is 467 g/mol. The minimum absolute atomic E-state index is 0.0291. The van der Waals surface area contributed by atoms with Crippen LogP contribution in [0.4, 0.5) is 10.1 Å². The number of halogens is 1. The smallest absolute Gasteiger partial charge is 0.262 e. The van der Waals surface area contributed by atoms with E-state index in [1.165, 1.54) is 18.2 Å². The van der Waals surface area contributed by atoms with Crippen molar-refractivity contribution in [3.8, 4) is 5.75 Å². The fraction of sp³-hybridized carbons (Fsp3) is 0.161. The highest BCUT2D eigenvalue weighted by Gasteiger charge is 2.33. The lowest BCUT2D eigenvalue weighted by Gasteiger charge is -2.38. The Bertz CT molecular complexity index is 1440. The Morgan fingerprint density at radius 1 is 0.946 bits per heavy atom. The van der Waals surface area contributed by atoms with Gasteiger partial charge in [-0.2, -0.15) is 0 Å².